The number of rotatable bonds is 6. The van der Waals surface area contributed by atoms with Gasteiger partial charge < -0.3 is 4.74 Å². The first-order valence-electron chi connectivity index (χ1n) is 8.07. The number of hydrogen-bond acceptors (Lipinski definition) is 4. The molecule has 2 heterocycles. The van der Waals surface area contributed by atoms with E-state index in [1.807, 2.05) is 18.3 Å². The Hall–Kier alpha value is -3.02. The number of benzene rings is 1. The van der Waals surface area contributed by atoms with Gasteiger partial charge >= 0.3 is 5.97 Å². The average Bonchev–Trinajstić information content (AvgIpc) is 3.06. The molecule has 0 aliphatic rings. The molecule has 3 rings (SSSR count). The summed E-state index contributed by atoms with van der Waals surface area (Å²) in [5.41, 5.74) is 3.40. The van der Waals surface area contributed by atoms with Gasteiger partial charge in [-0.05, 0) is 48.9 Å². The highest BCUT2D eigenvalue weighted by molar-refractivity contribution is 5.80. The van der Waals surface area contributed by atoms with E-state index in [0.717, 1.165) is 22.4 Å². The SMILES string of the molecule is CCOC(=O)CCn1cc(-c2ccncc2)c(-c2ccc(F)cc2)n1. The summed E-state index contributed by atoms with van der Waals surface area (Å²) in [5.74, 6) is -0.553. The molecule has 1 aromatic carbocycles. The fraction of sp³-hybridized carbons (Fsp3) is 0.211. The summed E-state index contributed by atoms with van der Waals surface area (Å²) in [6, 6.07) is 9.97. The number of halogens is 1. The van der Waals surface area contributed by atoms with Gasteiger partial charge in [0.25, 0.3) is 0 Å². The van der Waals surface area contributed by atoms with Crippen LogP contribution in [0.5, 0.6) is 0 Å². The number of hydrogen-bond donors (Lipinski definition) is 0. The monoisotopic (exact) mass is 339 g/mol. The van der Waals surface area contributed by atoms with Crippen molar-refractivity contribution in [3.63, 3.8) is 0 Å². The van der Waals surface area contributed by atoms with Crippen LogP contribution < -0.4 is 0 Å². The molecule has 0 atom stereocenters. The molecule has 0 N–H and O–H groups in total. The van der Waals surface area contributed by atoms with Crippen LogP contribution >= 0.6 is 0 Å². The first-order chi connectivity index (χ1) is 12.2. The first-order valence-corrected chi connectivity index (χ1v) is 8.07. The molecule has 0 saturated heterocycles. The largest absolute Gasteiger partial charge is 0.466 e. The number of pyridine rings is 1. The highest BCUT2D eigenvalue weighted by atomic mass is 19.1. The Kier molecular flexibility index (Phi) is 5.18. The zero-order valence-corrected chi connectivity index (χ0v) is 13.9. The number of carbonyl (C=O) groups excluding carboxylic acids is 1. The summed E-state index contributed by atoms with van der Waals surface area (Å²) in [6.07, 6.45) is 5.54. The zero-order chi connectivity index (χ0) is 17.6. The molecule has 0 aliphatic carbocycles. The standard InChI is InChI=1S/C19H18FN3O2/c1-2-25-18(24)9-12-23-13-17(14-7-10-21-11-8-14)19(22-23)15-3-5-16(20)6-4-15/h3-8,10-11,13H,2,9,12H2,1H3. The van der Waals surface area contributed by atoms with Crippen molar-refractivity contribution in [2.24, 2.45) is 0 Å². The highest BCUT2D eigenvalue weighted by Gasteiger charge is 2.14. The summed E-state index contributed by atoms with van der Waals surface area (Å²) in [6.45, 7) is 2.55. The van der Waals surface area contributed by atoms with Gasteiger partial charge in [0, 0.05) is 29.7 Å². The number of aryl methyl sites for hydroxylation is 1. The predicted octanol–water partition coefficient (Wildman–Crippen LogP) is 3.70. The molecule has 0 aliphatic heterocycles. The second-order valence-corrected chi connectivity index (χ2v) is 5.45. The van der Waals surface area contributed by atoms with Gasteiger partial charge in [0.15, 0.2) is 0 Å². The number of nitrogens with zero attached hydrogens (tertiary/aromatic N) is 3. The lowest BCUT2D eigenvalue weighted by molar-refractivity contribution is -0.143. The van der Waals surface area contributed by atoms with Gasteiger partial charge in [-0.25, -0.2) is 4.39 Å². The van der Waals surface area contributed by atoms with Gasteiger partial charge in [0.05, 0.1) is 19.6 Å². The second kappa shape index (κ2) is 7.70. The summed E-state index contributed by atoms with van der Waals surface area (Å²) < 4.78 is 19.9. The zero-order valence-electron chi connectivity index (χ0n) is 13.9. The van der Waals surface area contributed by atoms with E-state index in [2.05, 4.69) is 10.1 Å². The summed E-state index contributed by atoms with van der Waals surface area (Å²) in [7, 11) is 0. The smallest absolute Gasteiger partial charge is 0.307 e. The van der Waals surface area contributed by atoms with E-state index >= 15 is 0 Å². The van der Waals surface area contributed by atoms with Crippen molar-refractivity contribution in [1.82, 2.24) is 14.8 Å². The Morgan fingerprint density at radius 1 is 1.12 bits per heavy atom. The van der Waals surface area contributed by atoms with Crippen LogP contribution in [0.15, 0.2) is 55.0 Å². The third-order valence-electron chi connectivity index (χ3n) is 3.72. The van der Waals surface area contributed by atoms with Crippen molar-refractivity contribution in [1.29, 1.82) is 0 Å². The van der Waals surface area contributed by atoms with Crippen LogP contribution in [-0.4, -0.2) is 27.3 Å². The van der Waals surface area contributed by atoms with Gasteiger partial charge in [-0.1, -0.05) is 0 Å². The Morgan fingerprint density at radius 3 is 2.52 bits per heavy atom. The van der Waals surface area contributed by atoms with Gasteiger partial charge in [-0.3, -0.25) is 14.5 Å². The minimum absolute atomic E-state index is 0.244. The molecule has 0 spiro atoms. The van der Waals surface area contributed by atoms with E-state index in [1.54, 1.807) is 36.1 Å². The van der Waals surface area contributed by atoms with Gasteiger partial charge in [-0.2, -0.15) is 5.10 Å². The van der Waals surface area contributed by atoms with Gasteiger partial charge in [0.2, 0.25) is 0 Å². The molecule has 0 amide bonds. The Balaban J connectivity index is 1.94. The fourth-order valence-corrected chi connectivity index (χ4v) is 2.54. The molecule has 0 unspecified atom stereocenters. The number of esters is 1. The van der Waals surface area contributed by atoms with Crippen LogP contribution in [0.2, 0.25) is 0 Å². The average molecular weight is 339 g/mol. The van der Waals surface area contributed by atoms with Crippen molar-refractivity contribution in [3.8, 4) is 22.4 Å². The van der Waals surface area contributed by atoms with Crippen LogP contribution in [0.4, 0.5) is 4.39 Å². The van der Waals surface area contributed by atoms with E-state index in [-0.39, 0.29) is 18.2 Å². The normalized spacial score (nSPS) is 10.6. The van der Waals surface area contributed by atoms with Crippen LogP contribution in [0.3, 0.4) is 0 Å². The van der Waals surface area contributed by atoms with Gasteiger partial charge in [-0.15, -0.1) is 0 Å². The van der Waals surface area contributed by atoms with Crippen molar-refractivity contribution in [2.45, 2.75) is 19.9 Å². The van der Waals surface area contributed by atoms with E-state index in [1.165, 1.54) is 12.1 Å². The molecule has 0 radical (unpaired) electrons. The lowest BCUT2D eigenvalue weighted by Gasteiger charge is -2.02. The van der Waals surface area contributed by atoms with Crippen molar-refractivity contribution in [2.75, 3.05) is 6.61 Å². The lowest BCUT2D eigenvalue weighted by atomic mass is 10.0. The minimum atomic E-state index is -0.295. The van der Waals surface area contributed by atoms with Crippen LogP contribution in [0.1, 0.15) is 13.3 Å². The minimum Gasteiger partial charge on any atom is -0.466 e. The maximum atomic E-state index is 13.2. The third kappa shape index (κ3) is 4.09. The summed E-state index contributed by atoms with van der Waals surface area (Å²) in [4.78, 5) is 15.6. The number of ether oxygens (including phenoxy) is 1. The van der Waals surface area contributed by atoms with E-state index in [9.17, 15) is 9.18 Å². The van der Waals surface area contributed by atoms with Crippen LogP contribution in [0, 0.1) is 5.82 Å². The molecule has 0 fully saturated rings. The second-order valence-electron chi connectivity index (χ2n) is 5.45. The van der Waals surface area contributed by atoms with Crippen LogP contribution in [-0.2, 0) is 16.1 Å². The van der Waals surface area contributed by atoms with Crippen LogP contribution in [0.25, 0.3) is 22.4 Å². The van der Waals surface area contributed by atoms with Gasteiger partial charge in [0.1, 0.15) is 11.5 Å². The molecule has 25 heavy (non-hydrogen) atoms. The maximum absolute atomic E-state index is 13.2. The van der Waals surface area contributed by atoms with E-state index in [4.69, 9.17) is 4.74 Å². The third-order valence-corrected chi connectivity index (χ3v) is 3.72. The van der Waals surface area contributed by atoms with E-state index in [0.29, 0.717) is 13.2 Å². The lowest BCUT2D eigenvalue weighted by Crippen LogP contribution is -2.09. The number of carbonyl (C=O) groups is 1. The maximum Gasteiger partial charge on any atom is 0.307 e. The van der Waals surface area contributed by atoms with Crippen molar-refractivity contribution < 1.29 is 13.9 Å². The number of aromatic nitrogens is 3. The Labute approximate surface area is 145 Å². The first kappa shape index (κ1) is 16.8. The van der Waals surface area contributed by atoms with Crippen molar-refractivity contribution >= 4 is 5.97 Å². The molecule has 2 aromatic heterocycles. The highest BCUT2D eigenvalue weighted by Crippen LogP contribution is 2.30. The molecular formula is C19H18FN3O2. The topological polar surface area (TPSA) is 57.0 Å². The molecule has 0 bridgehead atoms. The molecule has 128 valence electrons. The summed E-state index contributed by atoms with van der Waals surface area (Å²) >= 11 is 0. The molecule has 3 aromatic rings. The predicted molar refractivity (Wildman–Crippen MR) is 92.1 cm³/mol. The summed E-state index contributed by atoms with van der Waals surface area (Å²) in [5, 5.41) is 4.58. The Bertz CT molecular complexity index is 845. The molecule has 5 nitrogen and oxygen atoms in total. The molecule has 0 saturated carbocycles. The quantitative estimate of drug-likeness (QED) is 0.643. The molecular weight excluding hydrogens is 321 g/mol. The van der Waals surface area contributed by atoms with Crippen molar-refractivity contribution in [3.05, 3.63) is 60.8 Å². The fourth-order valence-electron chi connectivity index (χ4n) is 2.54. The molecule has 6 heteroatoms. The Morgan fingerprint density at radius 2 is 1.84 bits per heavy atom. The van der Waals surface area contributed by atoms with E-state index < -0.39 is 0 Å².